The minimum Gasteiger partial charge on any atom is -0.481 e. The zero-order chi connectivity index (χ0) is 25.1. The highest BCUT2D eigenvalue weighted by atomic mass is 35.5. The maximum absolute atomic E-state index is 15.2. The summed E-state index contributed by atoms with van der Waals surface area (Å²) in [6.45, 7) is 0.335. The van der Waals surface area contributed by atoms with Crippen LogP contribution in [0.2, 0.25) is 5.02 Å². The third-order valence-electron chi connectivity index (χ3n) is 6.20. The van der Waals surface area contributed by atoms with E-state index in [1.165, 1.54) is 12.1 Å². The van der Waals surface area contributed by atoms with Crippen molar-refractivity contribution < 1.29 is 28.8 Å². The fourth-order valence-corrected chi connectivity index (χ4v) is 4.43. The molecule has 0 saturated carbocycles. The quantitative estimate of drug-likeness (QED) is 0.598. The van der Waals surface area contributed by atoms with Gasteiger partial charge < -0.3 is 20.2 Å². The molecule has 35 heavy (non-hydrogen) atoms. The van der Waals surface area contributed by atoms with Crippen molar-refractivity contribution in [1.82, 2.24) is 4.90 Å². The Balaban J connectivity index is 1.49. The van der Waals surface area contributed by atoms with E-state index in [-0.39, 0.29) is 29.7 Å². The summed E-state index contributed by atoms with van der Waals surface area (Å²) in [6.07, 6.45) is 1.95. The summed E-state index contributed by atoms with van der Waals surface area (Å²) in [6, 6.07) is 10.1. The Hall–Kier alpha value is -3.66. The third kappa shape index (κ3) is 5.37. The van der Waals surface area contributed by atoms with E-state index in [2.05, 4.69) is 5.32 Å². The van der Waals surface area contributed by atoms with Crippen LogP contribution in [0, 0.1) is 5.92 Å². The Morgan fingerprint density at radius 2 is 1.74 bits per heavy atom. The van der Waals surface area contributed by atoms with Crippen LogP contribution in [0.5, 0.6) is 0 Å². The lowest BCUT2D eigenvalue weighted by Gasteiger charge is -2.28. The van der Waals surface area contributed by atoms with E-state index in [0.29, 0.717) is 29.4 Å². The molecule has 184 valence electrons. The number of anilines is 3. The van der Waals surface area contributed by atoms with Gasteiger partial charge in [-0.25, -0.2) is 4.79 Å². The van der Waals surface area contributed by atoms with Gasteiger partial charge >= 0.3 is 12.0 Å². The molecule has 4 amide bonds. The first-order chi connectivity index (χ1) is 16.7. The molecule has 2 aromatic carbocycles. The Morgan fingerprint density at radius 1 is 1.06 bits per heavy atom. The van der Waals surface area contributed by atoms with E-state index in [4.69, 9.17) is 11.6 Å². The molecule has 2 aliphatic heterocycles. The molecule has 0 radical (unpaired) electrons. The predicted molar refractivity (Wildman–Crippen MR) is 128 cm³/mol. The highest BCUT2D eigenvalue weighted by Gasteiger charge is 2.44. The van der Waals surface area contributed by atoms with E-state index in [1.54, 1.807) is 41.3 Å². The largest absolute Gasteiger partial charge is 0.481 e. The first-order valence-corrected chi connectivity index (χ1v) is 11.6. The molecule has 2 N–H and O–H groups in total. The SMILES string of the molecule is O=C(O)C1CC(C(=O)N(F)c2ccc(N3CCCCC3=O)cc2)N(C(=O)Nc2ccc(Cl)cc2)C1. The van der Waals surface area contributed by atoms with E-state index in [1.807, 2.05) is 0 Å². The van der Waals surface area contributed by atoms with Crippen molar-refractivity contribution in [2.45, 2.75) is 31.7 Å². The van der Waals surface area contributed by atoms with Crippen LogP contribution in [-0.2, 0) is 14.4 Å². The number of amides is 4. The number of hydrogen-bond acceptors (Lipinski definition) is 4. The molecule has 2 fully saturated rings. The molecular weight excluding hydrogens is 479 g/mol. The van der Waals surface area contributed by atoms with Gasteiger partial charge in [0.25, 0.3) is 5.91 Å². The van der Waals surface area contributed by atoms with Crippen LogP contribution in [0.3, 0.4) is 0 Å². The number of piperidine rings is 1. The fourth-order valence-electron chi connectivity index (χ4n) is 4.30. The van der Waals surface area contributed by atoms with Crippen LogP contribution < -0.4 is 15.3 Å². The number of nitrogens with zero attached hydrogens (tertiary/aromatic N) is 3. The van der Waals surface area contributed by atoms with Crippen LogP contribution in [-0.4, -0.2) is 53.0 Å². The van der Waals surface area contributed by atoms with Gasteiger partial charge in [0.05, 0.1) is 11.6 Å². The first kappa shape index (κ1) is 24.5. The summed E-state index contributed by atoms with van der Waals surface area (Å²) in [7, 11) is 0. The fraction of sp³-hybridized carbons (Fsp3) is 0.333. The number of hydrogen-bond donors (Lipinski definition) is 2. The smallest absolute Gasteiger partial charge is 0.322 e. The van der Waals surface area contributed by atoms with Crippen molar-refractivity contribution in [2.75, 3.05) is 28.4 Å². The van der Waals surface area contributed by atoms with Gasteiger partial charge in [0, 0.05) is 35.9 Å². The second-order valence-electron chi connectivity index (χ2n) is 8.51. The molecule has 9 nitrogen and oxygen atoms in total. The topological polar surface area (TPSA) is 110 Å². The maximum atomic E-state index is 15.2. The van der Waals surface area contributed by atoms with Gasteiger partial charge in [-0.1, -0.05) is 16.1 Å². The predicted octanol–water partition coefficient (Wildman–Crippen LogP) is 4.08. The summed E-state index contributed by atoms with van der Waals surface area (Å²) in [4.78, 5) is 52.2. The normalized spacial score (nSPS) is 20.0. The number of carboxylic acid groups (broad SMARTS) is 1. The Labute approximate surface area is 206 Å². The average Bonchev–Trinajstić information content (AvgIpc) is 3.31. The van der Waals surface area contributed by atoms with Crippen molar-refractivity contribution in [3.8, 4) is 0 Å². The number of carboxylic acids is 1. The second kappa shape index (κ2) is 10.3. The lowest BCUT2D eigenvalue weighted by molar-refractivity contribution is -0.141. The van der Waals surface area contributed by atoms with Crippen LogP contribution in [0.4, 0.5) is 26.3 Å². The molecule has 4 rings (SSSR count). The molecule has 2 heterocycles. The zero-order valence-electron chi connectivity index (χ0n) is 18.7. The molecule has 2 unspecified atom stereocenters. The number of nitrogens with one attached hydrogen (secondary N) is 1. The number of halogens is 2. The van der Waals surface area contributed by atoms with E-state index in [0.717, 1.165) is 17.7 Å². The molecule has 0 aromatic heterocycles. The van der Waals surface area contributed by atoms with E-state index >= 15 is 4.48 Å². The van der Waals surface area contributed by atoms with Gasteiger partial charge in [-0.05, 0) is 67.8 Å². The Morgan fingerprint density at radius 3 is 2.37 bits per heavy atom. The Bertz CT molecular complexity index is 1130. The van der Waals surface area contributed by atoms with E-state index in [9.17, 15) is 24.3 Å². The van der Waals surface area contributed by atoms with Crippen LogP contribution >= 0.6 is 11.6 Å². The van der Waals surface area contributed by atoms with Crippen LogP contribution in [0.15, 0.2) is 48.5 Å². The number of rotatable bonds is 5. The lowest BCUT2D eigenvalue weighted by Crippen LogP contribution is -2.47. The molecule has 0 aliphatic carbocycles. The highest BCUT2D eigenvalue weighted by molar-refractivity contribution is 6.30. The van der Waals surface area contributed by atoms with Crippen LogP contribution in [0.1, 0.15) is 25.7 Å². The summed E-state index contributed by atoms with van der Waals surface area (Å²) in [5.41, 5.74) is 0.916. The highest BCUT2D eigenvalue weighted by Crippen LogP contribution is 2.30. The van der Waals surface area contributed by atoms with E-state index < -0.39 is 29.9 Å². The number of carbonyl (C=O) groups is 4. The van der Waals surface area contributed by atoms with Gasteiger partial charge in [-0.2, -0.15) is 0 Å². The van der Waals surface area contributed by atoms with Gasteiger partial charge in [0.1, 0.15) is 6.04 Å². The molecule has 2 atom stereocenters. The molecule has 0 bridgehead atoms. The Kier molecular flexibility index (Phi) is 7.20. The summed E-state index contributed by atoms with van der Waals surface area (Å²) in [5, 5.41) is 12.4. The maximum Gasteiger partial charge on any atom is 0.322 e. The van der Waals surface area contributed by atoms with Crippen LogP contribution in [0.25, 0.3) is 0 Å². The zero-order valence-corrected chi connectivity index (χ0v) is 19.4. The molecule has 2 aliphatic rings. The van der Waals surface area contributed by atoms with Gasteiger partial charge in [0.15, 0.2) is 0 Å². The number of benzene rings is 2. The standard InChI is InChI=1S/C24H24ClFN4O5/c25-16-4-6-17(7-5-16)27-24(35)29-14-15(23(33)34)13-20(29)22(32)30(26)19-10-8-18(9-11-19)28-12-2-1-3-21(28)31/h4-11,15,20H,1-3,12-14H2,(H,27,35)(H,33,34). The molecule has 2 aromatic rings. The van der Waals surface area contributed by atoms with Crippen molar-refractivity contribution in [1.29, 1.82) is 0 Å². The third-order valence-corrected chi connectivity index (χ3v) is 6.45. The van der Waals surface area contributed by atoms with Crippen molar-refractivity contribution in [2.24, 2.45) is 5.92 Å². The number of urea groups is 1. The summed E-state index contributed by atoms with van der Waals surface area (Å²) in [5.74, 6) is -3.25. The van der Waals surface area contributed by atoms with Crippen molar-refractivity contribution in [3.63, 3.8) is 0 Å². The number of carbonyl (C=O) groups excluding carboxylic acids is 3. The van der Waals surface area contributed by atoms with Gasteiger partial charge in [-0.15, -0.1) is 5.12 Å². The minimum absolute atomic E-state index is 0.00908. The molecule has 2 saturated heterocycles. The minimum atomic E-state index is -1.31. The van der Waals surface area contributed by atoms with Gasteiger partial charge in [-0.3, -0.25) is 14.4 Å². The molecular formula is C24H24ClFN4O5. The average molecular weight is 503 g/mol. The summed E-state index contributed by atoms with van der Waals surface area (Å²) < 4.78 is 15.2. The number of likely N-dealkylation sites (tertiary alicyclic amines) is 1. The van der Waals surface area contributed by atoms with Crippen molar-refractivity contribution in [3.05, 3.63) is 53.6 Å². The molecule has 11 heteroatoms. The second-order valence-corrected chi connectivity index (χ2v) is 8.95. The van der Waals surface area contributed by atoms with Gasteiger partial charge in [0.2, 0.25) is 5.91 Å². The number of aliphatic carboxylic acids is 1. The first-order valence-electron chi connectivity index (χ1n) is 11.2. The summed E-state index contributed by atoms with van der Waals surface area (Å²) >= 11 is 5.85. The molecule has 0 spiro atoms. The van der Waals surface area contributed by atoms with Crippen molar-refractivity contribution >= 4 is 52.5 Å². The monoisotopic (exact) mass is 502 g/mol. The lowest BCUT2D eigenvalue weighted by atomic mass is 10.1.